The minimum atomic E-state index is -0.350. The lowest BCUT2D eigenvalue weighted by Gasteiger charge is -2.24. The van der Waals surface area contributed by atoms with Crippen molar-refractivity contribution in [3.05, 3.63) is 102 Å². The van der Waals surface area contributed by atoms with Crippen LogP contribution in [0.2, 0.25) is 0 Å². The number of fused-ring (bicyclic) bond motifs is 1. The number of likely N-dealkylation sites (N-methyl/N-ethyl adjacent to an activating group) is 1. The molecule has 0 amide bonds. The summed E-state index contributed by atoms with van der Waals surface area (Å²) in [5.74, 6) is 0.168. The van der Waals surface area contributed by atoms with E-state index in [1.165, 1.54) is 12.1 Å². The van der Waals surface area contributed by atoms with E-state index in [-0.39, 0.29) is 31.1 Å². The third-order valence-corrected chi connectivity index (χ3v) is 6.83. The number of halogens is 1. The van der Waals surface area contributed by atoms with Crippen molar-refractivity contribution in [2.24, 2.45) is 0 Å². The molecule has 3 aromatic heterocycles. The lowest BCUT2D eigenvalue weighted by molar-refractivity contribution is 0.0874. The van der Waals surface area contributed by atoms with Crippen molar-refractivity contribution in [1.29, 1.82) is 0 Å². The van der Waals surface area contributed by atoms with Crippen LogP contribution < -0.4 is 5.32 Å². The van der Waals surface area contributed by atoms with Crippen LogP contribution >= 0.6 is 0 Å². The fourth-order valence-electron chi connectivity index (χ4n) is 4.57. The maximum absolute atomic E-state index is 13.7. The van der Waals surface area contributed by atoms with Crippen LogP contribution in [0.25, 0.3) is 28.3 Å². The first-order valence-corrected chi connectivity index (χ1v) is 12.8. The zero-order valence-corrected chi connectivity index (χ0v) is 21.9. The highest BCUT2D eigenvalue weighted by atomic mass is 19.1. The first kappa shape index (κ1) is 26.4. The normalized spacial score (nSPS) is 12.4. The summed E-state index contributed by atoms with van der Waals surface area (Å²) >= 11 is 0. The van der Waals surface area contributed by atoms with E-state index in [4.69, 9.17) is 9.97 Å². The summed E-state index contributed by atoms with van der Waals surface area (Å²) in [6.45, 7) is 2.31. The number of anilines is 1. The van der Waals surface area contributed by atoms with Crippen LogP contribution in [0.4, 0.5) is 10.3 Å². The molecule has 0 aliphatic heterocycles. The molecule has 200 valence electrons. The second kappa shape index (κ2) is 11.7. The van der Waals surface area contributed by atoms with E-state index in [9.17, 15) is 14.6 Å². The number of benzene rings is 2. The Balaban J connectivity index is 1.55. The number of aliphatic hydroxyl groups excluding tert-OH is 2. The summed E-state index contributed by atoms with van der Waals surface area (Å²) in [4.78, 5) is 16.1. The second-order valence-corrected chi connectivity index (χ2v) is 9.56. The molecule has 5 aromatic rings. The summed E-state index contributed by atoms with van der Waals surface area (Å²) in [7, 11) is 1.86. The molecule has 1 atom stereocenters. The van der Waals surface area contributed by atoms with Crippen LogP contribution in [-0.4, -0.2) is 60.8 Å². The van der Waals surface area contributed by atoms with E-state index >= 15 is 0 Å². The van der Waals surface area contributed by atoms with Crippen LogP contribution in [-0.2, 0) is 6.54 Å². The van der Waals surface area contributed by atoms with Crippen LogP contribution in [0.3, 0.4) is 0 Å². The maximum Gasteiger partial charge on any atom is 0.223 e. The monoisotopic (exact) mass is 526 g/mol. The number of hydrogen-bond donors (Lipinski definition) is 3. The predicted molar refractivity (Wildman–Crippen MR) is 150 cm³/mol. The summed E-state index contributed by atoms with van der Waals surface area (Å²) < 4.78 is 15.7. The van der Waals surface area contributed by atoms with Gasteiger partial charge < -0.3 is 15.5 Å². The molecule has 3 heterocycles. The van der Waals surface area contributed by atoms with Crippen molar-refractivity contribution in [2.45, 2.75) is 25.6 Å². The molecule has 0 spiro atoms. The van der Waals surface area contributed by atoms with Gasteiger partial charge in [0.2, 0.25) is 5.95 Å². The van der Waals surface area contributed by atoms with Crippen LogP contribution in [0, 0.1) is 5.82 Å². The molecule has 2 aromatic carbocycles. The molecular formula is C30H31FN6O2. The number of nitrogens with zero attached hydrogens (tertiary/aromatic N) is 5. The van der Waals surface area contributed by atoms with E-state index < -0.39 is 0 Å². The van der Waals surface area contributed by atoms with E-state index in [2.05, 4.69) is 29.4 Å². The van der Waals surface area contributed by atoms with E-state index in [1.54, 1.807) is 18.3 Å². The third kappa shape index (κ3) is 5.80. The van der Waals surface area contributed by atoms with Gasteiger partial charge in [-0.05, 0) is 67.6 Å². The SMILES string of the molecule is C[C@H](Nc1nccc(-c2c(-c3ccc(F)cc3)nc3cc(CN(C)C(CO)CO)ccn23)n1)c1ccccc1. The first-order valence-electron chi connectivity index (χ1n) is 12.8. The Bertz CT molecular complexity index is 1540. The summed E-state index contributed by atoms with van der Waals surface area (Å²) in [5.41, 5.74) is 5.66. The number of nitrogens with one attached hydrogen (secondary N) is 1. The van der Waals surface area contributed by atoms with Crippen molar-refractivity contribution in [3.63, 3.8) is 0 Å². The van der Waals surface area contributed by atoms with Gasteiger partial charge in [-0.15, -0.1) is 0 Å². The van der Waals surface area contributed by atoms with Gasteiger partial charge in [0, 0.05) is 24.5 Å². The van der Waals surface area contributed by atoms with Crippen molar-refractivity contribution >= 4 is 11.6 Å². The first-order chi connectivity index (χ1) is 19.0. The number of aromatic nitrogens is 4. The molecule has 0 aliphatic rings. The van der Waals surface area contributed by atoms with Crippen molar-refractivity contribution in [2.75, 3.05) is 25.6 Å². The molecule has 0 radical (unpaired) electrons. The highest BCUT2D eigenvalue weighted by molar-refractivity contribution is 5.80. The minimum absolute atomic E-state index is 0.00131. The average Bonchev–Trinajstić information content (AvgIpc) is 3.33. The highest BCUT2D eigenvalue weighted by Crippen LogP contribution is 2.33. The zero-order chi connectivity index (χ0) is 27.4. The molecule has 5 rings (SSSR count). The highest BCUT2D eigenvalue weighted by Gasteiger charge is 2.20. The molecule has 0 fully saturated rings. The Labute approximate surface area is 226 Å². The Hall–Kier alpha value is -4.18. The summed E-state index contributed by atoms with van der Waals surface area (Å²) in [6.07, 6.45) is 3.64. The van der Waals surface area contributed by atoms with Gasteiger partial charge in [-0.2, -0.15) is 0 Å². The molecule has 39 heavy (non-hydrogen) atoms. The number of pyridine rings is 1. The summed E-state index contributed by atoms with van der Waals surface area (Å²) in [5, 5.41) is 22.5. The van der Waals surface area contributed by atoms with E-state index in [0.29, 0.717) is 29.5 Å². The van der Waals surface area contributed by atoms with Crippen LogP contribution in [0.15, 0.2) is 85.2 Å². The fraction of sp³-hybridized carbons (Fsp3) is 0.233. The van der Waals surface area contributed by atoms with Crippen molar-refractivity contribution < 1.29 is 14.6 Å². The lowest BCUT2D eigenvalue weighted by atomic mass is 10.1. The number of imidazole rings is 1. The average molecular weight is 527 g/mol. The largest absolute Gasteiger partial charge is 0.395 e. The van der Waals surface area contributed by atoms with Gasteiger partial charge in [0.05, 0.1) is 42.4 Å². The van der Waals surface area contributed by atoms with E-state index in [1.807, 2.05) is 58.9 Å². The quantitative estimate of drug-likeness (QED) is 0.245. The van der Waals surface area contributed by atoms with Gasteiger partial charge in [-0.25, -0.2) is 19.3 Å². The van der Waals surface area contributed by atoms with Gasteiger partial charge in [0.25, 0.3) is 0 Å². The molecule has 9 heteroatoms. The van der Waals surface area contributed by atoms with Crippen molar-refractivity contribution in [3.8, 4) is 22.6 Å². The third-order valence-electron chi connectivity index (χ3n) is 6.83. The molecule has 0 saturated heterocycles. The molecule has 8 nitrogen and oxygen atoms in total. The van der Waals surface area contributed by atoms with Gasteiger partial charge in [-0.1, -0.05) is 30.3 Å². The van der Waals surface area contributed by atoms with Crippen LogP contribution in [0.1, 0.15) is 24.1 Å². The zero-order valence-electron chi connectivity index (χ0n) is 21.9. The Kier molecular flexibility index (Phi) is 7.92. The molecule has 0 saturated carbocycles. The molecule has 3 N–H and O–H groups in total. The molecular weight excluding hydrogens is 495 g/mol. The Morgan fingerprint density at radius 1 is 0.974 bits per heavy atom. The topological polar surface area (TPSA) is 98.8 Å². The fourth-order valence-corrected chi connectivity index (χ4v) is 4.57. The maximum atomic E-state index is 13.7. The predicted octanol–water partition coefficient (Wildman–Crippen LogP) is 4.56. The molecule has 0 aliphatic carbocycles. The van der Waals surface area contributed by atoms with Crippen LogP contribution in [0.5, 0.6) is 0 Å². The lowest BCUT2D eigenvalue weighted by Crippen LogP contribution is -2.37. The van der Waals surface area contributed by atoms with Crippen molar-refractivity contribution in [1.82, 2.24) is 24.3 Å². The van der Waals surface area contributed by atoms with E-state index in [0.717, 1.165) is 22.4 Å². The molecule has 0 unspecified atom stereocenters. The smallest absolute Gasteiger partial charge is 0.223 e. The van der Waals surface area contributed by atoms with Gasteiger partial charge in [0.1, 0.15) is 11.5 Å². The number of aliphatic hydroxyl groups is 2. The Morgan fingerprint density at radius 3 is 2.44 bits per heavy atom. The van der Waals surface area contributed by atoms with Gasteiger partial charge in [-0.3, -0.25) is 9.30 Å². The minimum Gasteiger partial charge on any atom is -0.395 e. The Morgan fingerprint density at radius 2 is 1.72 bits per heavy atom. The van der Waals surface area contributed by atoms with Gasteiger partial charge in [0.15, 0.2) is 0 Å². The standard InChI is InChI=1S/C30H31FN6O2/c1-20(22-6-4-3-5-7-22)33-30-32-14-12-26(34-30)29-28(23-8-10-24(31)11-9-23)35-27-16-21(13-15-37(27)29)17-36(2)25(18-38)19-39/h3-16,20,25,38-39H,17-19H2,1-2H3,(H,32,33,34)/t20-/m0/s1. The molecule has 0 bridgehead atoms. The number of hydrogen-bond acceptors (Lipinski definition) is 7. The number of rotatable bonds is 10. The second-order valence-electron chi connectivity index (χ2n) is 9.56. The van der Waals surface area contributed by atoms with Gasteiger partial charge >= 0.3 is 0 Å². The summed E-state index contributed by atoms with van der Waals surface area (Å²) in [6, 6.07) is 21.8.